The van der Waals surface area contributed by atoms with Crippen LogP contribution in [0.5, 0.6) is 0 Å². The minimum Gasteiger partial charge on any atom is -0.207 e. The molecule has 0 heterocycles. The van der Waals surface area contributed by atoms with Crippen molar-refractivity contribution >= 4 is 25.2 Å². The molecule has 0 spiro atoms. The molecule has 0 N–H and O–H groups in total. The van der Waals surface area contributed by atoms with Crippen molar-refractivity contribution in [3.05, 3.63) is 101 Å². The Hall–Kier alpha value is -2.00. The van der Waals surface area contributed by atoms with Crippen LogP contribution in [0.1, 0.15) is 43.9 Å². The molecule has 2 rings (SSSR count). The number of hydrogen-bond acceptors (Lipinski definition) is 1. The van der Waals surface area contributed by atoms with Crippen molar-refractivity contribution in [1.82, 2.24) is 0 Å². The fourth-order valence-electron chi connectivity index (χ4n) is 3.27. The van der Waals surface area contributed by atoms with E-state index in [2.05, 4.69) is 26.2 Å². The number of thioether (sulfide) groups is 1. The lowest BCUT2D eigenvalue weighted by atomic mass is 9.70. The van der Waals surface area contributed by atoms with Crippen molar-refractivity contribution in [1.29, 1.82) is 0 Å². The lowest BCUT2D eigenvalue weighted by Crippen LogP contribution is -2.22. The molecule has 28 heavy (non-hydrogen) atoms. The van der Waals surface area contributed by atoms with Gasteiger partial charge in [-0.25, -0.2) is 4.39 Å². The Kier molecular flexibility index (Phi) is 7.17. The average Bonchev–Trinajstić information content (AvgIpc) is 2.68. The van der Waals surface area contributed by atoms with E-state index in [1.54, 1.807) is 30.0 Å². The zero-order valence-electron chi connectivity index (χ0n) is 17.3. The summed E-state index contributed by atoms with van der Waals surface area (Å²) in [5, 5.41) is -0.687. The maximum Gasteiger partial charge on any atom is 0.123 e. The Morgan fingerprint density at radius 3 is 2.71 bits per heavy atom. The van der Waals surface area contributed by atoms with Crippen LogP contribution in [0.3, 0.4) is 0 Å². The number of allylic oxidation sites excluding steroid dienone is 10. The molecule has 144 valence electrons. The van der Waals surface area contributed by atoms with Gasteiger partial charge in [-0.3, -0.25) is 0 Å². The van der Waals surface area contributed by atoms with Crippen LogP contribution in [-0.4, -0.2) is 7.85 Å². The van der Waals surface area contributed by atoms with Gasteiger partial charge >= 0.3 is 0 Å². The van der Waals surface area contributed by atoms with Crippen molar-refractivity contribution in [3.63, 3.8) is 0 Å². The van der Waals surface area contributed by atoms with E-state index in [1.165, 1.54) is 0 Å². The molecule has 1 aliphatic rings. The maximum atomic E-state index is 14.5. The van der Waals surface area contributed by atoms with Crippen LogP contribution in [0.15, 0.2) is 78.8 Å². The summed E-state index contributed by atoms with van der Waals surface area (Å²) in [5.74, 6) is -0.235. The van der Waals surface area contributed by atoms with Gasteiger partial charge in [0, 0.05) is 4.75 Å². The molecule has 2 radical (unpaired) electrons. The molecule has 2 unspecified atom stereocenters. The van der Waals surface area contributed by atoms with E-state index >= 15 is 0 Å². The van der Waals surface area contributed by atoms with Gasteiger partial charge in [-0.1, -0.05) is 62.1 Å². The van der Waals surface area contributed by atoms with Crippen LogP contribution in [0.4, 0.5) is 4.39 Å². The summed E-state index contributed by atoms with van der Waals surface area (Å²) in [6, 6.07) is 3.21. The molecule has 0 bridgehead atoms. The number of fused-ring (bicyclic) bond motifs is 1. The monoisotopic (exact) mass is 390 g/mol. The fraction of sp³-hybridized carbons (Fsp3) is 0.280. The number of aryl methyl sites for hydroxylation is 1. The molecule has 0 aromatic heterocycles. The van der Waals surface area contributed by atoms with Crippen molar-refractivity contribution < 1.29 is 4.39 Å². The van der Waals surface area contributed by atoms with Gasteiger partial charge in [0.05, 0.1) is 7.85 Å². The van der Waals surface area contributed by atoms with Crippen molar-refractivity contribution in [2.75, 3.05) is 0 Å². The van der Waals surface area contributed by atoms with E-state index < -0.39 is 10.1 Å². The third-order valence-corrected chi connectivity index (χ3v) is 6.61. The summed E-state index contributed by atoms with van der Waals surface area (Å²) in [6.45, 7) is 16.1. The van der Waals surface area contributed by atoms with Crippen LogP contribution in [-0.2, 0) is 4.75 Å². The van der Waals surface area contributed by atoms with E-state index in [1.807, 2.05) is 57.2 Å². The summed E-state index contributed by atoms with van der Waals surface area (Å²) >= 11 is 1.66. The molecule has 0 saturated carbocycles. The van der Waals surface area contributed by atoms with E-state index in [4.69, 9.17) is 7.85 Å². The number of halogens is 1. The van der Waals surface area contributed by atoms with Crippen LogP contribution in [0.25, 0.3) is 5.57 Å². The first kappa shape index (κ1) is 22.3. The van der Waals surface area contributed by atoms with Crippen LogP contribution in [0, 0.1) is 12.7 Å². The number of hydrogen-bond donors (Lipinski definition) is 0. The lowest BCUT2D eigenvalue weighted by Gasteiger charge is -2.36. The molecule has 0 nitrogen and oxygen atoms in total. The first-order valence-electron chi connectivity index (χ1n) is 9.42. The molecule has 2 atom stereocenters. The summed E-state index contributed by atoms with van der Waals surface area (Å²) < 4.78 is 14.0. The summed E-state index contributed by atoms with van der Waals surface area (Å²) in [6.07, 6.45) is 16.5. The zero-order chi connectivity index (χ0) is 20.9. The second-order valence-electron chi connectivity index (χ2n) is 7.54. The summed E-state index contributed by atoms with van der Waals surface area (Å²) in [5.41, 5.74) is 3.70. The second-order valence-corrected chi connectivity index (χ2v) is 9.08. The summed E-state index contributed by atoms with van der Waals surface area (Å²) in [7, 11) is 6.52. The topological polar surface area (TPSA) is 0 Å². The summed E-state index contributed by atoms with van der Waals surface area (Å²) in [4.78, 5) is 0.974. The van der Waals surface area contributed by atoms with Gasteiger partial charge in [-0.2, -0.15) is 0 Å². The molecular weight excluding hydrogens is 362 g/mol. The molecule has 0 fully saturated rings. The fourth-order valence-corrected chi connectivity index (χ4v) is 4.66. The van der Waals surface area contributed by atoms with Gasteiger partial charge in [-0.15, -0.1) is 18.3 Å². The standard InChI is InChI=1S/C25H28BFS/c1-7-9-14-22(24(5,26)8-2)28-25(6)15-12-10-11-13-18(3)23-19(4)16-20(27)17-21(23)25/h7-14,16-17H,2-3,15H2,1,4-6H3/b9-7-,12-10-,13-11-,22-14-. The van der Waals surface area contributed by atoms with Crippen LogP contribution in [0.2, 0.25) is 5.31 Å². The highest BCUT2D eigenvalue weighted by Crippen LogP contribution is 2.53. The molecule has 1 aromatic rings. The predicted molar refractivity (Wildman–Crippen MR) is 125 cm³/mol. The van der Waals surface area contributed by atoms with Crippen molar-refractivity contribution in [2.24, 2.45) is 0 Å². The number of benzene rings is 1. The second kappa shape index (κ2) is 9.00. The van der Waals surface area contributed by atoms with Gasteiger partial charge in [0.1, 0.15) is 5.82 Å². The van der Waals surface area contributed by atoms with Gasteiger partial charge in [0.2, 0.25) is 0 Å². The number of rotatable bonds is 5. The molecular formula is C25H28BFS. The van der Waals surface area contributed by atoms with E-state index in [0.717, 1.165) is 33.6 Å². The first-order chi connectivity index (χ1) is 13.1. The van der Waals surface area contributed by atoms with Gasteiger partial charge in [0.25, 0.3) is 0 Å². The normalized spacial score (nSPS) is 24.6. The lowest BCUT2D eigenvalue weighted by molar-refractivity contribution is 0.614. The molecule has 0 amide bonds. The SMILES string of the molecule is [B]C(C)(C=C)/C(=C/C=C\C)SC1(C)C/C=C\C=C/C(=C)c2c(C)cc(F)cc21. The van der Waals surface area contributed by atoms with Crippen molar-refractivity contribution in [2.45, 2.75) is 44.2 Å². The average molecular weight is 390 g/mol. The molecule has 3 heteroatoms. The van der Waals surface area contributed by atoms with Crippen LogP contribution >= 0.6 is 11.8 Å². The Morgan fingerprint density at radius 2 is 2.07 bits per heavy atom. The first-order valence-corrected chi connectivity index (χ1v) is 10.2. The molecule has 1 aromatic carbocycles. The largest absolute Gasteiger partial charge is 0.207 e. The highest BCUT2D eigenvalue weighted by Gasteiger charge is 2.35. The third-order valence-electron chi connectivity index (χ3n) is 4.97. The predicted octanol–water partition coefficient (Wildman–Crippen LogP) is 7.60. The third kappa shape index (κ3) is 4.88. The van der Waals surface area contributed by atoms with E-state index in [9.17, 15) is 4.39 Å². The zero-order valence-corrected chi connectivity index (χ0v) is 18.1. The smallest absolute Gasteiger partial charge is 0.123 e. The van der Waals surface area contributed by atoms with E-state index in [0.29, 0.717) is 0 Å². The molecule has 0 saturated heterocycles. The maximum absolute atomic E-state index is 14.5. The molecule has 1 aliphatic carbocycles. The Balaban J connectivity index is 2.72. The Labute approximate surface area is 175 Å². The Morgan fingerprint density at radius 1 is 1.36 bits per heavy atom. The quantitative estimate of drug-likeness (QED) is 0.283. The van der Waals surface area contributed by atoms with Crippen molar-refractivity contribution in [3.8, 4) is 0 Å². The highest BCUT2D eigenvalue weighted by molar-refractivity contribution is 8.04. The van der Waals surface area contributed by atoms with E-state index in [-0.39, 0.29) is 5.82 Å². The van der Waals surface area contributed by atoms with Crippen LogP contribution < -0.4 is 0 Å². The minimum absolute atomic E-state index is 0.235. The van der Waals surface area contributed by atoms with Gasteiger partial charge in [0.15, 0.2) is 0 Å². The Bertz CT molecular complexity index is 886. The minimum atomic E-state index is -0.687. The molecule has 0 aliphatic heterocycles. The van der Waals surface area contributed by atoms with Gasteiger partial charge < -0.3 is 0 Å². The van der Waals surface area contributed by atoms with Gasteiger partial charge in [-0.05, 0) is 71.8 Å². The highest BCUT2D eigenvalue weighted by atomic mass is 32.2.